The van der Waals surface area contributed by atoms with Gasteiger partial charge in [0.15, 0.2) is 0 Å². The largest absolute Gasteiger partial charge is 0.430 e. The number of hydrogen-bond donors (Lipinski definition) is 0. The maximum absolute atomic E-state index is 12.1. The Kier molecular flexibility index (Phi) is 4.20. The van der Waals surface area contributed by atoms with Crippen LogP contribution in [0.5, 0.6) is 5.88 Å². The Hall–Kier alpha value is -2.21. The fraction of sp³-hybridized carbons (Fsp3) is 0.0714. The topological polar surface area (TPSA) is 78.4 Å². The van der Waals surface area contributed by atoms with Crippen molar-refractivity contribution in [1.29, 1.82) is 0 Å². The van der Waals surface area contributed by atoms with Gasteiger partial charge in [-0.25, -0.2) is 9.55 Å². The van der Waals surface area contributed by atoms with Crippen molar-refractivity contribution >= 4 is 29.7 Å². The molecule has 1 unspecified atom stereocenters. The van der Waals surface area contributed by atoms with E-state index in [-0.39, 0.29) is 11.4 Å². The summed E-state index contributed by atoms with van der Waals surface area (Å²) in [5, 5.41) is 1.05. The molecule has 0 saturated heterocycles. The van der Waals surface area contributed by atoms with E-state index in [0.717, 1.165) is 4.70 Å². The van der Waals surface area contributed by atoms with E-state index in [0.29, 0.717) is 16.1 Å². The number of aromatic nitrogens is 2. The number of nitrogens with zero attached hydrogens (tertiary/aromatic N) is 2. The van der Waals surface area contributed by atoms with Crippen LogP contribution in [0.4, 0.5) is 0 Å². The molecule has 8 heteroatoms. The summed E-state index contributed by atoms with van der Waals surface area (Å²) in [4.78, 5) is 20.3. The first kappa shape index (κ1) is 14.7. The normalized spacial score (nSPS) is 11.4. The van der Waals surface area contributed by atoms with Crippen molar-refractivity contribution in [3.63, 3.8) is 0 Å². The van der Waals surface area contributed by atoms with Crippen molar-refractivity contribution in [2.75, 3.05) is 7.11 Å². The summed E-state index contributed by atoms with van der Waals surface area (Å²) >= 11 is 1.35. The Morgan fingerprint density at radius 1 is 1.09 bits per heavy atom. The predicted octanol–water partition coefficient (Wildman–Crippen LogP) is 3.40. The maximum atomic E-state index is 12.1. The van der Waals surface area contributed by atoms with Crippen LogP contribution in [-0.2, 0) is 9.09 Å². The molecule has 0 spiro atoms. The van der Waals surface area contributed by atoms with Gasteiger partial charge in [-0.05, 0) is 18.2 Å². The molecule has 0 aliphatic rings. The SMILES string of the molecule is CO[P](=O)Oc1cccc(-c2nc(=O)c3ccccc3s2)n1. The first-order valence-electron chi connectivity index (χ1n) is 6.24. The Morgan fingerprint density at radius 2 is 1.91 bits per heavy atom. The second-order valence-electron chi connectivity index (χ2n) is 4.18. The fourth-order valence-electron chi connectivity index (χ4n) is 1.82. The fourth-order valence-corrected chi connectivity index (χ4v) is 3.12. The smallest absolute Gasteiger partial charge is 0.378 e. The molecule has 22 heavy (non-hydrogen) atoms. The van der Waals surface area contributed by atoms with Gasteiger partial charge in [-0.1, -0.05) is 18.2 Å². The highest BCUT2D eigenvalue weighted by Gasteiger charge is 2.10. The molecule has 0 aliphatic carbocycles. The van der Waals surface area contributed by atoms with E-state index in [4.69, 9.17) is 4.52 Å². The van der Waals surface area contributed by atoms with Gasteiger partial charge in [0.2, 0.25) is 5.88 Å². The predicted molar refractivity (Wildman–Crippen MR) is 84.4 cm³/mol. The average Bonchev–Trinajstić information content (AvgIpc) is 2.55. The van der Waals surface area contributed by atoms with Crippen molar-refractivity contribution in [3.8, 4) is 16.6 Å². The third kappa shape index (κ3) is 3.01. The lowest BCUT2D eigenvalue weighted by Gasteiger charge is -2.04. The van der Waals surface area contributed by atoms with E-state index >= 15 is 0 Å². The summed E-state index contributed by atoms with van der Waals surface area (Å²) in [6.45, 7) is 0. The highest BCUT2D eigenvalue weighted by atomic mass is 32.1. The molecule has 3 rings (SSSR count). The van der Waals surface area contributed by atoms with Crippen molar-refractivity contribution in [2.24, 2.45) is 0 Å². The van der Waals surface area contributed by atoms with Gasteiger partial charge >= 0.3 is 8.25 Å². The molecular weight excluding hydrogens is 323 g/mol. The minimum Gasteiger partial charge on any atom is -0.378 e. The van der Waals surface area contributed by atoms with E-state index in [1.54, 1.807) is 30.3 Å². The second kappa shape index (κ2) is 6.27. The Balaban J connectivity index is 2.06. The maximum Gasteiger partial charge on any atom is 0.430 e. The molecule has 0 fully saturated rings. The standard InChI is InChI=1S/C14H10N2O4PS/c1-19-21(18)20-12-8-4-6-10(15-12)14-16-13(17)9-5-2-3-7-11(9)22-14/h2-8H,1H3. The molecule has 2 aromatic heterocycles. The summed E-state index contributed by atoms with van der Waals surface area (Å²) in [6.07, 6.45) is 0. The molecule has 0 amide bonds. The summed E-state index contributed by atoms with van der Waals surface area (Å²) in [5.74, 6) is 0.148. The van der Waals surface area contributed by atoms with E-state index in [9.17, 15) is 9.36 Å². The molecule has 3 aromatic rings. The van der Waals surface area contributed by atoms with Crippen LogP contribution >= 0.6 is 19.6 Å². The minimum atomic E-state index is -2.26. The summed E-state index contributed by atoms with van der Waals surface area (Å²) in [7, 11) is -0.985. The van der Waals surface area contributed by atoms with Crippen LogP contribution in [0, 0.1) is 0 Å². The first-order chi connectivity index (χ1) is 10.7. The summed E-state index contributed by atoms with van der Waals surface area (Å²) in [6, 6.07) is 12.2. The third-order valence-electron chi connectivity index (χ3n) is 2.79. The van der Waals surface area contributed by atoms with E-state index in [2.05, 4.69) is 14.5 Å². The van der Waals surface area contributed by atoms with Crippen LogP contribution in [0.15, 0.2) is 47.3 Å². The lowest BCUT2D eigenvalue weighted by molar-refractivity contribution is 0.345. The number of fused-ring (bicyclic) bond motifs is 1. The van der Waals surface area contributed by atoms with E-state index in [1.807, 2.05) is 12.1 Å². The van der Waals surface area contributed by atoms with Gasteiger partial charge in [-0.2, -0.15) is 4.98 Å². The summed E-state index contributed by atoms with van der Waals surface area (Å²) in [5.41, 5.74) is 0.172. The number of hydrogen-bond acceptors (Lipinski definition) is 7. The van der Waals surface area contributed by atoms with Gasteiger partial charge in [0, 0.05) is 10.8 Å². The van der Waals surface area contributed by atoms with Crippen LogP contribution in [0.1, 0.15) is 0 Å². The van der Waals surface area contributed by atoms with Gasteiger partial charge in [-0.15, -0.1) is 11.3 Å². The molecule has 6 nitrogen and oxygen atoms in total. The Bertz CT molecular complexity index is 912. The van der Waals surface area contributed by atoms with Gasteiger partial charge in [0.05, 0.1) is 12.5 Å². The Labute approximate surface area is 130 Å². The quantitative estimate of drug-likeness (QED) is 0.681. The van der Waals surface area contributed by atoms with Crippen LogP contribution in [0.3, 0.4) is 0 Å². The zero-order chi connectivity index (χ0) is 15.5. The lowest BCUT2D eigenvalue weighted by atomic mass is 10.3. The molecule has 0 bridgehead atoms. The van der Waals surface area contributed by atoms with Gasteiger partial charge in [0.1, 0.15) is 10.7 Å². The van der Waals surface area contributed by atoms with Crippen molar-refractivity contribution in [1.82, 2.24) is 9.97 Å². The zero-order valence-corrected chi connectivity index (χ0v) is 13.1. The number of pyridine rings is 1. The van der Waals surface area contributed by atoms with Crippen molar-refractivity contribution in [3.05, 3.63) is 52.8 Å². The van der Waals surface area contributed by atoms with E-state index in [1.165, 1.54) is 18.4 Å². The molecule has 2 heterocycles. The average molecular weight is 333 g/mol. The zero-order valence-electron chi connectivity index (χ0n) is 11.4. The van der Waals surface area contributed by atoms with Crippen molar-refractivity contribution < 1.29 is 13.6 Å². The molecule has 1 radical (unpaired) electrons. The van der Waals surface area contributed by atoms with Crippen LogP contribution in [0.2, 0.25) is 0 Å². The molecule has 0 N–H and O–H groups in total. The van der Waals surface area contributed by atoms with Crippen LogP contribution in [-0.4, -0.2) is 17.1 Å². The first-order valence-corrected chi connectivity index (χ1v) is 8.15. The van der Waals surface area contributed by atoms with Crippen LogP contribution < -0.4 is 10.1 Å². The third-order valence-corrected chi connectivity index (χ3v) is 4.49. The molecule has 0 saturated carbocycles. The van der Waals surface area contributed by atoms with Gasteiger partial charge in [-0.3, -0.25) is 9.32 Å². The Morgan fingerprint density at radius 3 is 2.73 bits per heavy atom. The number of rotatable bonds is 4. The molecule has 1 atom stereocenters. The molecule has 0 aliphatic heterocycles. The molecule has 111 valence electrons. The highest BCUT2D eigenvalue weighted by molar-refractivity contribution is 7.33. The van der Waals surface area contributed by atoms with Crippen LogP contribution in [0.25, 0.3) is 20.8 Å². The molecule has 1 aromatic carbocycles. The summed E-state index contributed by atoms with van der Waals surface area (Å²) < 4.78 is 21.7. The van der Waals surface area contributed by atoms with E-state index < -0.39 is 8.25 Å². The second-order valence-corrected chi connectivity index (χ2v) is 6.20. The van der Waals surface area contributed by atoms with Gasteiger partial charge in [0.25, 0.3) is 5.56 Å². The van der Waals surface area contributed by atoms with Crippen molar-refractivity contribution in [2.45, 2.75) is 0 Å². The minimum absolute atomic E-state index is 0.148. The highest BCUT2D eigenvalue weighted by Crippen LogP contribution is 2.29. The lowest BCUT2D eigenvalue weighted by Crippen LogP contribution is -2.06. The number of benzene rings is 1. The van der Waals surface area contributed by atoms with Gasteiger partial charge < -0.3 is 4.52 Å². The monoisotopic (exact) mass is 333 g/mol. The molecular formula is C14H10N2O4PS.